The van der Waals surface area contributed by atoms with Crippen LogP contribution in [-0.2, 0) is 15.8 Å². The summed E-state index contributed by atoms with van der Waals surface area (Å²) < 4.78 is 64.1. The summed E-state index contributed by atoms with van der Waals surface area (Å²) in [6.45, 7) is 1.35. The van der Waals surface area contributed by atoms with Crippen molar-refractivity contribution >= 4 is 40.1 Å². The second-order valence-electron chi connectivity index (χ2n) is 12.2. The highest BCUT2D eigenvalue weighted by atomic mass is 19.4. The average Bonchev–Trinajstić information content (AvgIpc) is 3.44. The lowest BCUT2D eigenvalue weighted by molar-refractivity contribution is -0.265. The fourth-order valence-electron chi connectivity index (χ4n) is 5.56. The van der Waals surface area contributed by atoms with Gasteiger partial charge in [0.2, 0.25) is 11.5 Å². The van der Waals surface area contributed by atoms with Crippen molar-refractivity contribution in [3.8, 4) is 17.0 Å². The number of halogens is 4. The van der Waals surface area contributed by atoms with Gasteiger partial charge in [0.1, 0.15) is 29.3 Å². The zero-order valence-corrected chi connectivity index (χ0v) is 26.9. The van der Waals surface area contributed by atoms with E-state index in [4.69, 9.17) is 10.5 Å². The maximum absolute atomic E-state index is 14.9. The van der Waals surface area contributed by atoms with Gasteiger partial charge in [-0.3, -0.25) is 19.6 Å². The lowest BCUT2D eigenvalue weighted by Gasteiger charge is -2.31. The minimum Gasteiger partial charge on any atom is -0.489 e. The standard InChI is InChI=1S/C35H29F4N7O5/c1-18-10-20-11-21(12-25(27(20)42-14-18)45-32(49)44-23-4-3-9-41-15-23)30(47)43-16-34(50,35(37,38)39)26-13-24-29(51-17-33(24,2)31(40)48)28(46-26)19-5-7-22(36)8-6-19/h3-15,50H,16-17H2,1-2H3,(H2,40,48)(H,43,47)(H2,44,45,49)/t33-,34?/m0/s1. The molecule has 16 heteroatoms. The van der Waals surface area contributed by atoms with Crippen LogP contribution in [-0.4, -0.2) is 57.2 Å². The van der Waals surface area contributed by atoms with E-state index in [-0.39, 0.29) is 40.4 Å². The van der Waals surface area contributed by atoms with Crippen LogP contribution in [0.25, 0.3) is 22.2 Å². The van der Waals surface area contributed by atoms with Gasteiger partial charge >= 0.3 is 12.2 Å². The molecule has 0 saturated heterocycles. The topological polar surface area (TPSA) is 181 Å². The lowest BCUT2D eigenvalue weighted by Crippen LogP contribution is -2.51. The number of urea groups is 1. The van der Waals surface area contributed by atoms with Crippen molar-refractivity contribution in [3.05, 3.63) is 107 Å². The van der Waals surface area contributed by atoms with Crippen LogP contribution < -0.4 is 26.4 Å². The first-order valence-corrected chi connectivity index (χ1v) is 15.3. The van der Waals surface area contributed by atoms with Crippen LogP contribution >= 0.6 is 0 Å². The Morgan fingerprint density at radius 2 is 1.78 bits per heavy atom. The van der Waals surface area contributed by atoms with E-state index in [1.165, 1.54) is 49.8 Å². The van der Waals surface area contributed by atoms with Gasteiger partial charge in [-0.2, -0.15) is 13.2 Å². The molecular weight excluding hydrogens is 674 g/mol. The maximum Gasteiger partial charge on any atom is 0.424 e. The Morgan fingerprint density at radius 3 is 2.45 bits per heavy atom. The number of aryl methyl sites for hydroxylation is 1. The molecule has 51 heavy (non-hydrogen) atoms. The van der Waals surface area contributed by atoms with Crippen LogP contribution in [0.2, 0.25) is 0 Å². The van der Waals surface area contributed by atoms with E-state index < -0.39 is 53.1 Å². The molecule has 5 aromatic rings. The monoisotopic (exact) mass is 703 g/mol. The summed E-state index contributed by atoms with van der Waals surface area (Å²) in [7, 11) is 0. The van der Waals surface area contributed by atoms with E-state index in [1.54, 1.807) is 25.1 Å². The molecule has 0 saturated carbocycles. The second kappa shape index (κ2) is 12.9. The minimum absolute atomic E-state index is 0.0621. The second-order valence-corrected chi connectivity index (χ2v) is 12.2. The molecule has 6 rings (SSSR count). The molecular formula is C35H29F4N7O5. The van der Waals surface area contributed by atoms with Gasteiger partial charge in [-0.15, -0.1) is 0 Å². The Bertz CT molecular complexity index is 2180. The first-order chi connectivity index (χ1) is 24.1. The van der Waals surface area contributed by atoms with Crippen molar-refractivity contribution < 1.29 is 41.8 Å². The molecule has 12 nitrogen and oxygen atoms in total. The average molecular weight is 704 g/mol. The number of rotatable bonds is 8. The summed E-state index contributed by atoms with van der Waals surface area (Å²) in [5.74, 6) is -2.64. The number of hydrogen-bond acceptors (Lipinski definition) is 8. The quantitative estimate of drug-likeness (QED) is 0.138. The smallest absolute Gasteiger partial charge is 0.424 e. The fourth-order valence-corrected chi connectivity index (χ4v) is 5.56. The van der Waals surface area contributed by atoms with Gasteiger partial charge in [0.25, 0.3) is 5.91 Å². The maximum atomic E-state index is 14.9. The van der Waals surface area contributed by atoms with Gasteiger partial charge in [-0.25, -0.2) is 14.2 Å². The third kappa shape index (κ3) is 6.60. The highest BCUT2D eigenvalue weighted by Gasteiger charge is 2.57. The summed E-state index contributed by atoms with van der Waals surface area (Å²) >= 11 is 0. The highest BCUT2D eigenvalue weighted by molar-refractivity contribution is 6.08. The van der Waals surface area contributed by atoms with Crippen molar-refractivity contribution in [2.45, 2.75) is 31.0 Å². The van der Waals surface area contributed by atoms with Crippen LogP contribution in [0.15, 0.2) is 79.3 Å². The van der Waals surface area contributed by atoms with E-state index in [9.17, 15) is 37.1 Å². The fraction of sp³-hybridized carbons (Fsp3) is 0.200. The number of hydrogen-bond donors (Lipinski definition) is 5. The summed E-state index contributed by atoms with van der Waals surface area (Å²) in [5, 5.41) is 19.1. The molecule has 262 valence electrons. The number of carbonyl (C=O) groups is 3. The number of ether oxygens (including phenoxy) is 1. The SMILES string of the molecule is Cc1cnc2c(NC(=O)Nc3cccnc3)cc(C(=O)NCC(O)(c3cc4c(c(-c5ccc(F)cc5)n3)OC[C@]4(C)C(N)=O)C(F)(F)F)cc2c1. The van der Waals surface area contributed by atoms with Gasteiger partial charge in [-0.05, 0) is 80.1 Å². The predicted molar refractivity (Wildman–Crippen MR) is 177 cm³/mol. The number of nitrogens with two attached hydrogens (primary N) is 1. The van der Waals surface area contributed by atoms with Crippen LogP contribution in [0.4, 0.5) is 33.7 Å². The first kappa shape index (κ1) is 34.7. The molecule has 0 bridgehead atoms. The largest absolute Gasteiger partial charge is 0.489 e. The van der Waals surface area contributed by atoms with Crippen molar-refractivity contribution in [2.24, 2.45) is 5.73 Å². The molecule has 1 unspecified atom stereocenters. The number of alkyl halides is 3. The summed E-state index contributed by atoms with van der Waals surface area (Å²) in [6.07, 6.45) is -0.966. The number of nitrogens with zero attached hydrogens (tertiary/aromatic N) is 3. The molecule has 2 aromatic carbocycles. The molecule has 3 aromatic heterocycles. The molecule has 1 aliphatic rings. The van der Waals surface area contributed by atoms with Crippen LogP contribution in [0.3, 0.4) is 0 Å². The summed E-state index contributed by atoms with van der Waals surface area (Å²) in [6, 6.07) is 12.2. The Labute approximate surface area is 287 Å². The highest BCUT2D eigenvalue weighted by Crippen LogP contribution is 2.47. The molecule has 6 N–H and O–H groups in total. The van der Waals surface area contributed by atoms with Gasteiger partial charge in [0.05, 0.1) is 35.3 Å². The number of carbonyl (C=O) groups excluding carboxylic acids is 3. The van der Waals surface area contributed by atoms with Gasteiger partial charge in [0, 0.05) is 34.5 Å². The van der Waals surface area contributed by atoms with E-state index >= 15 is 0 Å². The van der Waals surface area contributed by atoms with E-state index in [0.29, 0.717) is 22.2 Å². The van der Waals surface area contributed by atoms with Crippen LogP contribution in [0.5, 0.6) is 5.75 Å². The Kier molecular flexibility index (Phi) is 8.81. The first-order valence-electron chi connectivity index (χ1n) is 15.3. The number of anilines is 2. The molecule has 0 aliphatic carbocycles. The van der Waals surface area contributed by atoms with Crippen molar-refractivity contribution in [3.63, 3.8) is 0 Å². The minimum atomic E-state index is -5.42. The van der Waals surface area contributed by atoms with Gasteiger partial charge in [0.15, 0.2) is 0 Å². The molecule has 4 amide bonds. The third-order valence-corrected chi connectivity index (χ3v) is 8.48. The Balaban J connectivity index is 1.37. The van der Waals surface area contributed by atoms with Gasteiger partial charge < -0.3 is 31.5 Å². The lowest BCUT2D eigenvalue weighted by atomic mass is 9.81. The number of benzene rings is 2. The number of fused-ring (bicyclic) bond motifs is 2. The van der Waals surface area contributed by atoms with Crippen molar-refractivity contribution in [1.29, 1.82) is 0 Å². The number of primary amides is 1. The molecule has 2 atom stereocenters. The summed E-state index contributed by atoms with van der Waals surface area (Å²) in [4.78, 5) is 51.2. The number of nitrogens with one attached hydrogen (secondary N) is 3. The van der Waals surface area contributed by atoms with Crippen molar-refractivity contribution in [1.82, 2.24) is 20.3 Å². The van der Waals surface area contributed by atoms with Gasteiger partial charge in [-0.1, -0.05) is 0 Å². The zero-order valence-electron chi connectivity index (χ0n) is 26.9. The van der Waals surface area contributed by atoms with Crippen molar-refractivity contribution in [2.75, 3.05) is 23.8 Å². The van der Waals surface area contributed by atoms with E-state index in [0.717, 1.165) is 18.2 Å². The van der Waals surface area contributed by atoms with E-state index in [1.807, 2.05) is 0 Å². The number of pyridine rings is 3. The molecule has 0 spiro atoms. The molecule has 0 radical (unpaired) electrons. The Morgan fingerprint density at radius 1 is 1.04 bits per heavy atom. The number of amides is 4. The zero-order chi connectivity index (χ0) is 36.7. The molecule has 4 heterocycles. The number of aliphatic hydroxyl groups is 1. The summed E-state index contributed by atoms with van der Waals surface area (Å²) in [5.41, 5.74) is 0.334. The third-order valence-electron chi connectivity index (χ3n) is 8.48. The molecule has 1 aliphatic heterocycles. The normalized spacial score (nSPS) is 16.5. The predicted octanol–water partition coefficient (Wildman–Crippen LogP) is 5.10. The van der Waals surface area contributed by atoms with Crippen LogP contribution in [0, 0.1) is 12.7 Å². The van der Waals surface area contributed by atoms with Crippen LogP contribution in [0.1, 0.15) is 34.1 Å². The molecule has 0 fully saturated rings. The number of aromatic nitrogens is 3. The Hall–Kier alpha value is -6.16. The van der Waals surface area contributed by atoms with E-state index in [2.05, 4.69) is 30.9 Å².